The molecule has 0 N–H and O–H groups in total. The molecule has 3 aromatic carbocycles. The molecule has 1 aromatic heterocycles. The van der Waals surface area contributed by atoms with Gasteiger partial charge in [-0.15, -0.1) is 0 Å². The summed E-state index contributed by atoms with van der Waals surface area (Å²) >= 11 is 0. The molecule has 4 aromatic rings. The summed E-state index contributed by atoms with van der Waals surface area (Å²) in [7, 11) is 0. The van der Waals surface area contributed by atoms with Crippen LogP contribution in [-0.4, -0.2) is 33.1 Å². The SMILES string of the molecule is CC(C)N1/C(=C/C=C2C(=O)c3cc4ccccc4cc3C2=O)N(C23CCC(CC2)CC3)c2nc3ccccc3nc21. The summed E-state index contributed by atoms with van der Waals surface area (Å²) in [6.07, 6.45) is 10.8. The normalized spacial score (nSPS) is 24.3. The van der Waals surface area contributed by atoms with Crippen LogP contribution in [0.2, 0.25) is 0 Å². The number of aromatic nitrogens is 2. The van der Waals surface area contributed by atoms with Crippen molar-refractivity contribution in [2.45, 2.75) is 64.0 Å². The fraction of sp³-hybridized carbons (Fsp3) is 0.314. The standard InChI is InChI=1S/C35H32N4O2/c1-21(2)38-30(12-11-25-31(40)26-19-23-7-3-4-8-24(23)20-27(26)32(25)41)39(35-16-13-22(14-17-35)15-18-35)34-33(38)36-28-9-5-6-10-29(28)37-34/h3-12,19-22H,13-18H2,1-2H3/b30-12-. The Morgan fingerprint density at radius 3 is 1.88 bits per heavy atom. The van der Waals surface area contributed by atoms with Gasteiger partial charge >= 0.3 is 0 Å². The fourth-order valence-corrected chi connectivity index (χ4v) is 7.63. The van der Waals surface area contributed by atoms with E-state index in [4.69, 9.17) is 9.97 Å². The van der Waals surface area contributed by atoms with Crippen LogP contribution in [-0.2, 0) is 0 Å². The molecule has 6 heteroatoms. The lowest BCUT2D eigenvalue weighted by Crippen LogP contribution is -2.54. The lowest BCUT2D eigenvalue weighted by Gasteiger charge is -2.52. The first kappa shape index (κ1) is 24.5. The van der Waals surface area contributed by atoms with E-state index >= 15 is 0 Å². The number of para-hydroxylation sites is 2. The number of rotatable bonds is 3. The topological polar surface area (TPSA) is 66.4 Å². The average Bonchev–Trinajstić information content (AvgIpc) is 3.45. The smallest absolute Gasteiger partial charge is 0.197 e. The Balaban J connectivity index is 1.30. The maximum absolute atomic E-state index is 13.6. The number of Topliss-reactive ketones (excluding diaryl/α,β-unsaturated/α-hetero) is 2. The van der Waals surface area contributed by atoms with Crippen LogP contribution in [0.1, 0.15) is 73.1 Å². The van der Waals surface area contributed by atoms with Crippen LogP contribution in [0.15, 0.2) is 84.2 Å². The van der Waals surface area contributed by atoms with Crippen LogP contribution in [0, 0.1) is 5.92 Å². The Hall–Kier alpha value is -4.32. The van der Waals surface area contributed by atoms with Crippen molar-refractivity contribution in [3.8, 4) is 0 Å². The molecule has 6 nitrogen and oxygen atoms in total. The summed E-state index contributed by atoms with van der Waals surface area (Å²) in [5.41, 5.74) is 2.90. The van der Waals surface area contributed by atoms with Crippen LogP contribution in [0.5, 0.6) is 0 Å². The van der Waals surface area contributed by atoms with E-state index in [0.717, 1.165) is 64.4 Å². The highest BCUT2D eigenvalue weighted by Crippen LogP contribution is 2.54. The lowest BCUT2D eigenvalue weighted by molar-refractivity contribution is 0.0988. The van der Waals surface area contributed by atoms with Gasteiger partial charge in [-0.2, -0.15) is 0 Å². The molecule has 2 heterocycles. The van der Waals surface area contributed by atoms with Gasteiger partial charge in [-0.25, -0.2) is 9.97 Å². The van der Waals surface area contributed by atoms with E-state index in [1.54, 1.807) is 6.08 Å². The van der Waals surface area contributed by atoms with E-state index in [9.17, 15) is 9.59 Å². The molecule has 1 aliphatic heterocycles. The van der Waals surface area contributed by atoms with E-state index in [1.165, 1.54) is 19.3 Å². The summed E-state index contributed by atoms with van der Waals surface area (Å²) in [6.45, 7) is 4.32. The molecule has 204 valence electrons. The monoisotopic (exact) mass is 540 g/mol. The summed E-state index contributed by atoms with van der Waals surface area (Å²) in [5, 5.41) is 1.93. The molecule has 0 spiro atoms. The van der Waals surface area contributed by atoms with Gasteiger partial charge in [-0.1, -0.05) is 36.4 Å². The van der Waals surface area contributed by atoms with Gasteiger partial charge in [0.25, 0.3) is 0 Å². The number of benzene rings is 3. The zero-order chi connectivity index (χ0) is 27.9. The van der Waals surface area contributed by atoms with Crippen LogP contribution in [0.25, 0.3) is 21.8 Å². The van der Waals surface area contributed by atoms with E-state index < -0.39 is 0 Å². The third kappa shape index (κ3) is 3.56. The summed E-state index contributed by atoms with van der Waals surface area (Å²) in [5.74, 6) is 3.11. The maximum Gasteiger partial charge on any atom is 0.197 e. The van der Waals surface area contributed by atoms with Crippen LogP contribution in [0.3, 0.4) is 0 Å². The highest BCUT2D eigenvalue weighted by Gasteiger charge is 2.51. The predicted octanol–water partition coefficient (Wildman–Crippen LogP) is 7.39. The largest absolute Gasteiger partial charge is 0.307 e. The molecule has 3 saturated carbocycles. The minimum absolute atomic E-state index is 0.0427. The fourth-order valence-electron chi connectivity index (χ4n) is 7.63. The Morgan fingerprint density at radius 2 is 1.32 bits per heavy atom. The molecule has 0 amide bonds. The third-order valence-electron chi connectivity index (χ3n) is 9.76. The average molecular weight is 541 g/mol. The van der Waals surface area contributed by atoms with Crippen molar-refractivity contribution in [2.24, 2.45) is 5.92 Å². The number of carbonyl (C=O) groups is 2. The van der Waals surface area contributed by atoms with E-state index in [0.29, 0.717) is 11.1 Å². The predicted molar refractivity (Wildman–Crippen MR) is 162 cm³/mol. The Morgan fingerprint density at radius 1 is 0.780 bits per heavy atom. The molecular formula is C35H32N4O2. The van der Waals surface area contributed by atoms with Crippen molar-refractivity contribution in [3.05, 3.63) is 95.3 Å². The van der Waals surface area contributed by atoms with Crippen LogP contribution < -0.4 is 9.80 Å². The Bertz CT molecular complexity index is 1770. The molecule has 9 rings (SSSR count). The number of ketones is 2. The summed E-state index contributed by atoms with van der Waals surface area (Å²) in [4.78, 5) is 42.2. The zero-order valence-electron chi connectivity index (χ0n) is 23.4. The quantitative estimate of drug-likeness (QED) is 0.199. The third-order valence-corrected chi connectivity index (χ3v) is 9.76. The molecule has 0 atom stereocenters. The number of allylic oxidation sites excluding steroid dienone is 3. The number of fused-ring (bicyclic) bond motifs is 7. The van der Waals surface area contributed by atoms with Crippen molar-refractivity contribution in [1.82, 2.24) is 9.97 Å². The van der Waals surface area contributed by atoms with Gasteiger partial charge in [0.2, 0.25) is 0 Å². The van der Waals surface area contributed by atoms with Crippen molar-refractivity contribution in [3.63, 3.8) is 0 Å². The van der Waals surface area contributed by atoms with E-state index in [1.807, 2.05) is 66.7 Å². The second-order valence-electron chi connectivity index (χ2n) is 12.4. The van der Waals surface area contributed by atoms with Crippen LogP contribution >= 0.6 is 0 Å². The number of nitrogens with zero attached hydrogens (tertiary/aromatic N) is 4. The minimum Gasteiger partial charge on any atom is -0.307 e. The van der Waals surface area contributed by atoms with Gasteiger partial charge in [0.15, 0.2) is 23.2 Å². The van der Waals surface area contributed by atoms with Gasteiger partial charge in [-0.3, -0.25) is 9.59 Å². The zero-order valence-corrected chi connectivity index (χ0v) is 23.4. The van der Waals surface area contributed by atoms with Crippen molar-refractivity contribution < 1.29 is 9.59 Å². The molecule has 5 aliphatic rings. The molecule has 3 fully saturated rings. The highest BCUT2D eigenvalue weighted by molar-refractivity contribution is 6.40. The van der Waals surface area contributed by atoms with E-state index in [2.05, 4.69) is 23.6 Å². The van der Waals surface area contributed by atoms with Gasteiger partial charge in [0.1, 0.15) is 5.82 Å². The van der Waals surface area contributed by atoms with Crippen molar-refractivity contribution >= 4 is 45.0 Å². The second kappa shape index (κ2) is 8.84. The molecule has 0 unspecified atom stereocenters. The molecule has 0 saturated heterocycles. The van der Waals surface area contributed by atoms with Gasteiger partial charge in [0, 0.05) is 22.7 Å². The molecule has 0 radical (unpaired) electrons. The number of hydrogen-bond acceptors (Lipinski definition) is 6. The minimum atomic E-state index is -0.205. The maximum atomic E-state index is 13.6. The first-order valence-corrected chi connectivity index (χ1v) is 14.8. The first-order valence-electron chi connectivity index (χ1n) is 14.8. The summed E-state index contributed by atoms with van der Waals surface area (Å²) < 4.78 is 0. The van der Waals surface area contributed by atoms with Crippen molar-refractivity contribution in [1.29, 1.82) is 0 Å². The van der Waals surface area contributed by atoms with Gasteiger partial charge in [-0.05, 0) is 105 Å². The molecule has 41 heavy (non-hydrogen) atoms. The summed E-state index contributed by atoms with van der Waals surface area (Å²) in [6, 6.07) is 19.7. The van der Waals surface area contributed by atoms with Crippen molar-refractivity contribution in [2.75, 3.05) is 9.80 Å². The lowest BCUT2D eigenvalue weighted by atomic mass is 9.65. The Kier molecular flexibility index (Phi) is 5.28. The van der Waals surface area contributed by atoms with Gasteiger partial charge in [0.05, 0.1) is 16.6 Å². The first-order chi connectivity index (χ1) is 19.9. The molecular weight excluding hydrogens is 508 g/mol. The number of hydrogen-bond donors (Lipinski definition) is 0. The number of carbonyl (C=O) groups excluding carboxylic acids is 2. The van der Waals surface area contributed by atoms with Crippen LogP contribution in [0.4, 0.5) is 11.6 Å². The molecule has 4 aliphatic carbocycles. The number of anilines is 2. The Labute approximate surface area is 239 Å². The molecule has 2 bridgehead atoms. The highest BCUT2D eigenvalue weighted by atomic mass is 16.2. The second-order valence-corrected chi connectivity index (χ2v) is 12.4. The van der Waals surface area contributed by atoms with E-state index in [-0.39, 0.29) is 28.7 Å². The van der Waals surface area contributed by atoms with Gasteiger partial charge < -0.3 is 9.80 Å².